The first kappa shape index (κ1) is 19.7. The molecule has 2 unspecified atom stereocenters. The second-order valence-electron chi connectivity index (χ2n) is 6.53. The Kier molecular flexibility index (Phi) is 6.46. The Bertz CT molecular complexity index is 588. The van der Waals surface area contributed by atoms with Gasteiger partial charge in [0.05, 0.1) is 18.2 Å². The highest BCUT2D eigenvalue weighted by Gasteiger charge is 2.35. The Balaban J connectivity index is 2.22. The molecule has 7 heteroatoms. The maximum atomic E-state index is 13.0. The molecule has 1 aliphatic heterocycles. The van der Waals surface area contributed by atoms with Crippen LogP contribution in [-0.4, -0.2) is 44.2 Å². The van der Waals surface area contributed by atoms with Crippen LogP contribution < -0.4 is 5.32 Å². The Hall–Kier alpha value is -1.60. The summed E-state index contributed by atoms with van der Waals surface area (Å²) < 4.78 is 44.0. The summed E-state index contributed by atoms with van der Waals surface area (Å²) in [6, 6.07) is 4.71. The molecule has 0 saturated carbocycles. The lowest BCUT2D eigenvalue weighted by molar-refractivity contribution is -0.140. The second-order valence-corrected chi connectivity index (χ2v) is 6.53. The van der Waals surface area contributed by atoms with Crippen molar-refractivity contribution in [3.8, 4) is 0 Å². The molecule has 1 N–H and O–H groups in total. The molecule has 140 valence electrons. The molecule has 0 spiro atoms. The van der Waals surface area contributed by atoms with E-state index in [9.17, 15) is 18.0 Å². The van der Waals surface area contributed by atoms with Gasteiger partial charge in [0, 0.05) is 19.6 Å². The van der Waals surface area contributed by atoms with Crippen LogP contribution in [0, 0.1) is 11.8 Å². The van der Waals surface area contributed by atoms with E-state index in [0.717, 1.165) is 25.2 Å². The first-order valence-electron chi connectivity index (χ1n) is 8.43. The normalized spacial score (nSPS) is 17.7. The summed E-state index contributed by atoms with van der Waals surface area (Å²) in [5.41, 5.74) is -0.231. The van der Waals surface area contributed by atoms with Crippen LogP contribution in [0.4, 0.5) is 13.2 Å². The smallest absolute Gasteiger partial charge is 0.383 e. The van der Waals surface area contributed by atoms with Crippen LogP contribution >= 0.6 is 0 Å². The van der Waals surface area contributed by atoms with E-state index in [2.05, 4.69) is 5.32 Å². The minimum atomic E-state index is -4.40. The zero-order chi connectivity index (χ0) is 18.6. The van der Waals surface area contributed by atoms with Crippen molar-refractivity contribution in [3.05, 3.63) is 35.4 Å². The summed E-state index contributed by atoms with van der Waals surface area (Å²) in [6.07, 6.45) is -4.40. The fourth-order valence-electron chi connectivity index (χ4n) is 2.97. The minimum Gasteiger partial charge on any atom is -0.383 e. The van der Waals surface area contributed by atoms with Gasteiger partial charge in [-0.15, -0.1) is 0 Å². The predicted molar refractivity (Wildman–Crippen MR) is 89.0 cm³/mol. The number of ether oxygens (including phenoxy) is 1. The van der Waals surface area contributed by atoms with Crippen LogP contribution in [0.25, 0.3) is 0 Å². The topological polar surface area (TPSA) is 41.6 Å². The van der Waals surface area contributed by atoms with Gasteiger partial charge in [-0.2, -0.15) is 13.2 Å². The first-order valence-corrected chi connectivity index (χ1v) is 8.43. The standard InChI is InChI=1S/C18H25F3N2O2/c1-12(15-10-22-11-15)17(24)23(7-8-25-3)13(2)14-5-4-6-16(9-14)18(19,20)21/h4-6,9,12-13,15,22H,7-8,10-11H2,1-3H3. The van der Waals surface area contributed by atoms with E-state index >= 15 is 0 Å². The van der Waals surface area contributed by atoms with Gasteiger partial charge in [0.25, 0.3) is 0 Å². The van der Waals surface area contributed by atoms with Gasteiger partial charge in [0.1, 0.15) is 0 Å². The fourth-order valence-corrected chi connectivity index (χ4v) is 2.97. The van der Waals surface area contributed by atoms with Gasteiger partial charge < -0.3 is 15.0 Å². The second kappa shape index (κ2) is 8.19. The molecule has 1 fully saturated rings. The van der Waals surface area contributed by atoms with E-state index in [0.29, 0.717) is 18.7 Å². The number of carbonyl (C=O) groups excluding carboxylic acids is 1. The molecular formula is C18H25F3N2O2. The van der Waals surface area contributed by atoms with Crippen molar-refractivity contribution in [3.63, 3.8) is 0 Å². The van der Waals surface area contributed by atoms with Crippen molar-refractivity contribution in [2.45, 2.75) is 26.1 Å². The van der Waals surface area contributed by atoms with E-state index in [1.807, 2.05) is 6.92 Å². The molecule has 25 heavy (non-hydrogen) atoms. The van der Waals surface area contributed by atoms with E-state index < -0.39 is 17.8 Å². The number of nitrogens with zero attached hydrogens (tertiary/aromatic N) is 1. The Morgan fingerprint density at radius 2 is 2.04 bits per heavy atom. The summed E-state index contributed by atoms with van der Waals surface area (Å²) in [7, 11) is 1.54. The number of carbonyl (C=O) groups is 1. The molecule has 2 rings (SSSR count). The van der Waals surface area contributed by atoms with Crippen molar-refractivity contribution >= 4 is 5.91 Å². The molecule has 0 bridgehead atoms. The number of methoxy groups -OCH3 is 1. The molecule has 1 amide bonds. The summed E-state index contributed by atoms with van der Waals surface area (Å²) >= 11 is 0. The number of hydrogen-bond acceptors (Lipinski definition) is 3. The number of alkyl halides is 3. The summed E-state index contributed by atoms with van der Waals surface area (Å²) in [6.45, 7) is 5.91. The number of hydrogen-bond donors (Lipinski definition) is 1. The summed E-state index contributed by atoms with van der Waals surface area (Å²) in [4.78, 5) is 14.5. The van der Waals surface area contributed by atoms with Gasteiger partial charge >= 0.3 is 6.18 Å². The zero-order valence-corrected chi connectivity index (χ0v) is 14.8. The van der Waals surface area contributed by atoms with Crippen LogP contribution in [-0.2, 0) is 15.7 Å². The van der Waals surface area contributed by atoms with Crippen molar-refractivity contribution < 1.29 is 22.7 Å². The SMILES string of the molecule is COCCN(C(=O)C(C)C1CNC1)C(C)c1cccc(C(F)(F)F)c1. The number of nitrogens with one attached hydrogen (secondary N) is 1. The van der Waals surface area contributed by atoms with Crippen LogP contribution in [0.1, 0.15) is 31.0 Å². The van der Waals surface area contributed by atoms with Gasteiger partial charge in [-0.1, -0.05) is 19.1 Å². The molecule has 1 aliphatic rings. The minimum absolute atomic E-state index is 0.0477. The van der Waals surface area contributed by atoms with E-state index in [4.69, 9.17) is 4.74 Å². The number of rotatable bonds is 7. The number of halogens is 3. The Morgan fingerprint density at radius 1 is 1.36 bits per heavy atom. The maximum absolute atomic E-state index is 13.0. The van der Waals surface area contributed by atoms with Crippen molar-refractivity contribution in [2.24, 2.45) is 11.8 Å². The van der Waals surface area contributed by atoms with Gasteiger partial charge in [-0.05, 0) is 43.6 Å². The largest absolute Gasteiger partial charge is 0.416 e. The number of amides is 1. The van der Waals surface area contributed by atoms with E-state index in [1.54, 1.807) is 17.9 Å². The molecule has 1 aromatic rings. The highest BCUT2D eigenvalue weighted by Crippen LogP contribution is 2.32. The van der Waals surface area contributed by atoms with Crippen LogP contribution in [0.2, 0.25) is 0 Å². The molecule has 1 aromatic carbocycles. The molecule has 0 aromatic heterocycles. The Morgan fingerprint density at radius 3 is 2.56 bits per heavy atom. The highest BCUT2D eigenvalue weighted by atomic mass is 19.4. The van der Waals surface area contributed by atoms with Gasteiger partial charge in [-0.3, -0.25) is 4.79 Å². The average molecular weight is 358 g/mol. The highest BCUT2D eigenvalue weighted by molar-refractivity contribution is 5.79. The lowest BCUT2D eigenvalue weighted by atomic mass is 9.87. The summed E-state index contributed by atoms with van der Waals surface area (Å²) in [5, 5.41) is 3.14. The van der Waals surface area contributed by atoms with Gasteiger partial charge in [0.15, 0.2) is 0 Å². The van der Waals surface area contributed by atoms with Crippen LogP contribution in [0.15, 0.2) is 24.3 Å². The Labute approximate surface area is 146 Å². The van der Waals surface area contributed by atoms with Gasteiger partial charge in [0.2, 0.25) is 5.91 Å². The van der Waals surface area contributed by atoms with E-state index in [-0.39, 0.29) is 17.7 Å². The van der Waals surface area contributed by atoms with Gasteiger partial charge in [-0.25, -0.2) is 0 Å². The van der Waals surface area contributed by atoms with E-state index in [1.165, 1.54) is 13.2 Å². The molecular weight excluding hydrogens is 333 g/mol. The molecule has 0 radical (unpaired) electrons. The molecule has 1 heterocycles. The monoisotopic (exact) mass is 358 g/mol. The molecule has 1 saturated heterocycles. The zero-order valence-electron chi connectivity index (χ0n) is 14.8. The molecule has 4 nitrogen and oxygen atoms in total. The third-order valence-electron chi connectivity index (χ3n) is 4.89. The predicted octanol–water partition coefficient (Wildman–Crippen LogP) is 3.10. The lowest BCUT2D eigenvalue weighted by Crippen LogP contribution is -2.51. The third kappa shape index (κ3) is 4.73. The van der Waals surface area contributed by atoms with Crippen LogP contribution in [0.3, 0.4) is 0 Å². The first-order chi connectivity index (χ1) is 11.8. The fraction of sp³-hybridized carbons (Fsp3) is 0.611. The average Bonchev–Trinajstić information content (AvgIpc) is 2.52. The van der Waals surface area contributed by atoms with Crippen molar-refractivity contribution in [1.29, 1.82) is 0 Å². The van der Waals surface area contributed by atoms with Crippen molar-refractivity contribution in [1.82, 2.24) is 10.2 Å². The summed E-state index contributed by atoms with van der Waals surface area (Å²) in [5.74, 6) is 0.0473. The quantitative estimate of drug-likeness (QED) is 0.814. The third-order valence-corrected chi connectivity index (χ3v) is 4.89. The number of benzene rings is 1. The molecule has 0 aliphatic carbocycles. The van der Waals surface area contributed by atoms with Crippen molar-refractivity contribution in [2.75, 3.05) is 33.4 Å². The molecule has 2 atom stereocenters. The van der Waals surface area contributed by atoms with Crippen LogP contribution in [0.5, 0.6) is 0 Å². The maximum Gasteiger partial charge on any atom is 0.416 e. The lowest BCUT2D eigenvalue weighted by Gasteiger charge is -2.37.